The molecule has 2 aromatic carbocycles. The summed E-state index contributed by atoms with van der Waals surface area (Å²) >= 11 is 0. The zero-order valence-electron chi connectivity index (χ0n) is 19.0. The molecule has 1 aromatic heterocycles. The van der Waals surface area contributed by atoms with Crippen molar-refractivity contribution in [2.45, 2.75) is 36.9 Å². The molecule has 1 aliphatic rings. The predicted molar refractivity (Wildman–Crippen MR) is 128 cm³/mol. The number of nitrogens with zero attached hydrogens (tertiary/aromatic N) is 2. The minimum absolute atomic E-state index is 0.0416. The topological polar surface area (TPSA) is 82.9 Å². The van der Waals surface area contributed by atoms with Gasteiger partial charge in [0.05, 0.1) is 17.7 Å². The van der Waals surface area contributed by atoms with E-state index in [0.29, 0.717) is 42.5 Å². The fraction of sp³-hybridized carbons (Fsp3) is 0.320. The van der Waals surface area contributed by atoms with Crippen LogP contribution >= 0.6 is 0 Å². The molecule has 0 bridgehead atoms. The summed E-state index contributed by atoms with van der Waals surface area (Å²) in [5, 5.41) is 2.79. The van der Waals surface area contributed by atoms with Crippen molar-refractivity contribution in [1.82, 2.24) is 9.80 Å². The average Bonchev–Trinajstić information content (AvgIpc) is 3.31. The van der Waals surface area contributed by atoms with Crippen LogP contribution < -0.4 is 5.32 Å². The van der Waals surface area contributed by atoms with Crippen molar-refractivity contribution >= 4 is 21.6 Å². The molecule has 1 N–H and O–H groups in total. The Kier molecular flexibility index (Phi) is 7.33. The van der Waals surface area contributed by atoms with E-state index in [0.717, 1.165) is 18.4 Å². The number of rotatable bonds is 7. The summed E-state index contributed by atoms with van der Waals surface area (Å²) in [6.07, 6.45) is 4.23. The van der Waals surface area contributed by atoms with Gasteiger partial charge in [0.1, 0.15) is 11.6 Å². The smallest absolute Gasteiger partial charge is 0.322 e. The number of halogens is 1. The van der Waals surface area contributed by atoms with E-state index >= 15 is 0 Å². The van der Waals surface area contributed by atoms with Gasteiger partial charge in [-0.3, -0.25) is 4.90 Å². The van der Waals surface area contributed by atoms with Gasteiger partial charge in [0, 0.05) is 37.6 Å². The standard InChI is InChI=1S/C25H28FN3O4S/c1-34(31,32)24-10-3-2-6-19(24)17-28-13-11-22(12-14-28)29(18-23-9-5-15-33-23)25(30)27-21-8-4-7-20(26)16-21/h2-10,15-16,22H,11-14,17-18H2,1H3,(H,27,30). The summed E-state index contributed by atoms with van der Waals surface area (Å²) in [5.74, 6) is 0.247. The van der Waals surface area contributed by atoms with E-state index in [1.807, 2.05) is 18.2 Å². The summed E-state index contributed by atoms with van der Waals surface area (Å²) in [6, 6.07) is 16.1. The first-order chi connectivity index (χ1) is 16.3. The van der Waals surface area contributed by atoms with Gasteiger partial charge in [-0.15, -0.1) is 0 Å². The number of piperidine rings is 1. The molecule has 1 aliphatic heterocycles. The number of urea groups is 1. The quantitative estimate of drug-likeness (QED) is 0.532. The fourth-order valence-corrected chi connectivity index (χ4v) is 5.26. The molecule has 2 amide bonds. The van der Waals surface area contributed by atoms with E-state index < -0.39 is 15.7 Å². The highest BCUT2D eigenvalue weighted by Gasteiger charge is 2.29. The molecule has 0 saturated carbocycles. The second-order valence-electron chi connectivity index (χ2n) is 8.53. The Morgan fingerprint density at radius 3 is 2.56 bits per heavy atom. The van der Waals surface area contributed by atoms with Crippen molar-refractivity contribution < 1.29 is 22.0 Å². The maximum absolute atomic E-state index is 13.6. The monoisotopic (exact) mass is 485 g/mol. The first kappa shape index (κ1) is 24.0. The number of benzene rings is 2. The lowest BCUT2D eigenvalue weighted by molar-refractivity contribution is 0.115. The average molecular weight is 486 g/mol. The third-order valence-electron chi connectivity index (χ3n) is 6.01. The van der Waals surface area contributed by atoms with Crippen molar-refractivity contribution in [2.24, 2.45) is 0 Å². The minimum Gasteiger partial charge on any atom is -0.467 e. The molecule has 0 unspecified atom stereocenters. The van der Waals surface area contributed by atoms with Gasteiger partial charge in [0.25, 0.3) is 0 Å². The molecular formula is C25H28FN3O4S. The number of sulfone groups is 1. The number of anilines is 1. The van der Waals surface area contributed by atoms with Gasteiger partial charge < -0.3 is 14.6 Å². The lowest BCUT2D eigenvalue weighted by atomic mass is 10.0. The third-order valence-corrected chi connectivity index (χ3v) is 7.20. The van der Waals surface area contributed by atoms with Gasteiger partial charge in [-0.1, -0.05) is 24.3 Å². The Labute approximate surface area is 199 Å². The summed E-state index contributed by atoms with van der Waals surface area (Å²) in [4.78, 5) is 17.4. The summed E-state index contributed by atoms with van der Waals surface area (Å²) in [7, 11) is -3.31. The predicted octanol–water partition coefficient (Wildman–Crippen LogP) is 4.52. The molecule has 180 valence electrons. The Bertz CT molecular complexity index is 1220. The molecule has 2 heterocycles. The van der Waals surface area contributed by atoms with Crippen molar-refractivity contribution in [3.8, 4) is 0 Å². The van der Waals surface area contributed by atoms with E-state index in [-0.39, 0.29) is 12.1 Å². The molecule has 0 aliphatic carbocycles. The number of hydrogen-bond donors (Lipinski definition) is 1. The summed E-state index contributed by atoms with van der Waals surface area (Å²) in [5.41, 5.74) is 1.17. The van der Waals surface area contributed by atoms with Crippen molar-refractivity contribution in [3.63, 3.8) is 0 Å². The van der Waals surface area contributed by atoms with Gasteiger partial charge in [-0.25, -0.2) is 17.6 Å². The molecule has 7 nitrogen and oxygen atoms in total. The van der Waals surface area contributed by atoms with Gasteiger partial charge in [-0.2, -0.15) is 0 Å². The van der Waals surface area contributed by atoms with Crippen LogP contribution in [0.3, 0.4) is 0 Å². The number of carbonyl (C=O) groups is 1. The van der Waals surface area contributed by atoms with Gasteiger partial charge >= 0.3 is 6.03 Å². The largest absolute Gasteiger partial charge is 0.467 e. The zero-order chi connectivity index (χ0) is 24.1. The van der Waals surface area contributed by atoms with Crippen LogP contribution in [0.15, 0.2) is 76.2 Å². The lowest BCUT2D eigenvalue weighted by Gasteiger charge is -2.38. The molecular weight excluding hydrogens is 457 g/mol. The van der Waals surface area contributed by atoms with Crippen LogP contribution in [0.1, 0.15) is 24.2 Å². The van der Waals surface area contributed by atoms with Crippen LogP contribution in [0.5, 0.6) is 0 Å². The molecule has 1 saturated heterocycles. The number of likely N-dealkylation sites (tertiary alicyclic amines) is 1. The molecule has 0 spiro atoms. The molecule has 0 atom stereocenters. The fourth-order valence-electron chi connectivity index (χ4n) is 4.32. The first-order valence-electron chi connectivity index (χ1n) is 11.2. The highest BCUT2D eigenvalue weighted by Crippen LogP contribution is 2.24. The van der Waals surface area contributed by atoms with Crippen LogP contribution in [0.2, 0.25) is 0 Å². The highest BCUT2D eigenvalue weighted by atomic mass is 32.2. The molecule has 4 rings (SSSR count). The van der Waals surface area contributed by atoms with Crippen LogP contribution in [-0.4, -0.2) is 49.6 Å². The van der Waals surface area contributed by atoms with E-state index in [1.54, 1.807) is 41.5 Å². The molecule has 0 radical (unpaired) electrons. The number of hydrogen-bond acceptors (Lipinski definition) is 5. The second kappa shape index (κ2) is 10.4. The Morgan fingerprint density at radius 1 is 1.12 bits per heavy atom. The van der Waals surface area contributed by atoms with Gasteiger partial charge in [0.15, 0.2) is 9.84 Å². The lowest BCUT2D eigenvalue weighted by Crippen LogP contribution is -2.48. The van der Waals surface area contributed by atoms with Gasteiger partial charge in [0.2, 0.25) is 0 Å². The van der Waals surface area contributed by atoms with Crippen molar-refractivity contribution in [1.29, 1.82) is 0 Å². The van der Waals surface area contributed by atoms with E-state index in [1.165, 1.54) is 18.4 Å². The van der Waals surface area contributed by atoms with Crippen LogP contribution in [-0.2, 0) is 22.9 Å². The first-order valence-corrected chi connectivity index (χ1v) is 13.0. The number of amides is 2. The Hall–Kier alpha value is -3.17. The van der Waals surface area contributed by atoms with Crippen LogP contribution in [0.4, 0.5) is 14.9 Å². The van der Waals surface area contributed by atoms with Crippen LogP contribution in [0.25, 0.3) is 0 Å². The normalized spacial score (nSPS) is 15.2. The van der Waals surface area contributed by atoms with Crippen LogP contribution in [0, 0.1) is 5.82 Å². The molecule has 9 heteroatoms. The SMILES string of the molecule is CS(=O)(=O)c1ccccc1CN1CCC(N(Cc2ccco2)C(=O)Nc2cccc(F)c2)CC1. The van der Waals surface area contributed by atoms with E-state index in [2.05, 4.69) is 10.2 Å². The van der Waals surface area contributed by atoms with Crippen molar-refractivity contribution in [2.75, 3.05) is 24.7 Å². The second-order valence-corrected chi connectivity index (χ2v) is 10.5. The maximum Gasteiger partial charge on any atom is 0.322 e. The molecule has 3 aromatic rings. The molecule has 1 fully saturated rings. The summed E-state index contributed by atoms with van der Waals surface area (Å²) < 4.78 is 43.3. The highest BCUT2D eigenvalue weighted by molar-refractivity contribution is 7.90. The van der Waals surface area contributed by atoms with E-state index in [4.69, 9.17) is 4.42 Å². The van der Waals surface area contributed by atoms with Crippen molar-refractivity contribution in [3.05, 3.63) is 84.1 Å². The number of furan rings is 1. The minimum atomic E-state index is -3.31. The Morgan fingerprint density at radius 2 is 1.88 bits per heavy atom. The number of carbonyl (C=O) groups excluding carboxylic acids is 1. The third kappa shape index (κ3) is 6.03. The molecule has 34 heavy (non-hydrogen) atoms. The Balaban J connectivity index is 1.44. The van der Waals surface area contributed by atoms with Gasteiger partial charge in [-0.05, 0) is 54.8 Å². The maximum atomic E-state index is 13.6. The summed E-state index contributed by atoms with van der Waals surface area (Å²) in [6.45, 7) is 2.26. The number of nitrogens with one attached hydrogen (secondary N) is 1. The van der Waals surface area contributed by atoms with E-state index in [9.17, 15) is 17.6 Å². The zero-order valence-corrected chi connectivity index (χ0v) is 19.8.